The lowest BCUT2D eigenvalue weighted by atomic mass is 10.1. The highest BCUT2D eigenvalue weighted by Gasteiger charge is 2.39. The molecule has 1 aromatic carbocycles. The molecule has 0 aromatic heterocycles. The smallest absolute Gasteiger partial charge is 0.347 e. The summed E-state index contributed by atoms with van der Waals surface area (Å²) >= 11 is 0. The van der Waals surface area contributed by atoms with Crippen molar-refractivity contribution in [1.82, 2.24) is 0 Å². The van der Waals surface area contributed by atoms with Gasteiger partial charge < -0.3 is 9.47 Å². The first-order valence-corrected chi connectivity index (χ1v) is 6.74. The lowest BCUT2D eigenvalue weighted by Gasteiger charge is -2.13. The Morgan fingerprint density at radius 1 is 1.29 bits per heavy atom. The third-order valence-electron chi connectivity index (χ3n) is 3.36. The first-order chi connectivity index (χ1) is 10.0. The molecule has 112 valence electrons. The second kappa shape index (κ2) is 6.52. The Bertz CT molecular complexity index is 558. The lowest BCUT2D eigenvalue weighted by molar-refractivity contribution is -0.164. The van der Waals surface area contributed by atoms with Crippen LogP contribution in [-0.4, -0.2) is 25.2 Å². The number of hydrogen-bond acceptors (Lipinski definition) is 4. The number of esters is 2. The molecule has 1 atom stereocenters. The summed E-state index contributed by atoms with van der Waals surface area (Å²) in [6.07, 6.45) is 2.17. The summed E-state index contributed by atoms with van der Waals surface area (Å²) in [7, 11) is 1.27. The standard InChI is InChI=1S/C16H17FO4/c1-10(11-5-7-13(17)8-6-11)9-14(18)21-15(12-3-4-12)16(19)20-2/h5-9,12,15H,3-4H2,1-2H3/b10-9+. The Kier molecular flexibility index (Phi) is 4.73. The van der Waals surface area contributed by atoms with Crippen LogP contribution in [0.3, 0.4) is 0 Å². The Balaban J connectivity index is 2.03. The summed E-state index contributed by atoms with van der Waals surface area (Å²) in [5.74, 6) is -1.41. The van der Waals surface area contributed by atoms with Crippen molar-refractivity contribution in [2.75, 3.05) is 7.11 Å². The first-order valence-electron chi connectivity index (χ1n) is 6.74. The SMILES string of the molecule is COC(=O)C(OC(=O)/C=C(\C)c1ccc(F)cc1)C1CC1. The number of hydrogen-bond donors (Lipinski definition) is 0. The number of benzene rings is 1. The van der Waals surface area contributed by atoms with Gasteiger partial charge in [-0.15, -0.1) is 0 Å². The van der Waals surface area contributed by atoms with E-state index in [2.05, 4.69) is 4.74 Å². The van der Waals surface area contributed by atoms with Crippen LogP contribution in [-0.2, 0) is 19.1 Å². The summed E-state index contributed by atoms with van der Waals surface area (Å²) in [4.78, 5) is 23.4. The molecule has 0 bridgehead atoms. The van der Waals surface area contributed by atoms with Crippen LogP contribution in [0.1, 0.15) is 25.3 Å². The number of allylic oxidation sites excluding steroid dienone is 1. The van der Waals surface area contributed by atoms with Gasteiger partial charge in [0.15, 0.2) is 0 Å². The predicted molar refractivity (Wildman–Crippen MR) is 74.7 cm³/mol. The number of methoxy groups -OCH3 is 1. The zero-order chi connectivity index (χ0) is 15.4. The fourth-order valence-corrected chi connectivity index (χ4v) is 1.98. The molecule has 0 N–H and O–H groups in total. The monoisotopic (exact) mass is 292 g/mol. The average Bonchev–Trinajstić information content (AvgIpc) is 3.29. The number of carbonyl (C=O) groups excluding carboxylic acids is 2. The van der Waals surface area contributed by atoms with E-state index in [1.807, 2.05) is 0 Å². The number of rotatable bonds is 5. The molecule has 5 heteroatoms. The van der Waals surface area contributed by atoms with Crippen LogP contribution >= 0.6 is 0 Å². The van der Waals surface area contributed by atoms with E-state index in [4.69, 9.17) is 4.74 Å². The third-order valence-corrected chi connectivity index (χ3v) is 3.36. The fraction of sp³-hybridized carbons (Fsp3) is 0.375. The molecule has 0 heterocycles. The maximum absolute atomic E-state index is 12.8. The highest BCUT2D eigenvalue weighted by Crippen LogP contribution is 2.35. The van der Waals surface area contributed by atoms with Gasteiger partial charge in [-0.05, 0) is 43.0 Å². The van der Waals surface area contributed by atoms with E-state index in [0.29, 0.717) is 5.57 Å². The van der Waals surface area contributed by atoms with Gasteiger partial charge in [0.25, 0.3) is 0 Å². The van der Waals surface area contributed by atoms with Crippen molar-refractivity contribution in [3.63, 3.8) is 0 Å². The van der Waals surface area contributed by atoms with E-state index in [-0.39, 0.29) is 11.7 Å². The van der Waals surface area contributed by atoms with Gasteiger partial charge in [-0.2, -0.15) is 0 Å². The third kappa shape index (κ3) is 4.15. The molecule has 0 spiro atoms. The number of ether oxygens (including phenoxy) is 2. The predicted octanol–water partition coefficient (Wildman–Crippen LogP) is 2.72. The second-order valence-electron chi connectivity index (χ2n) is 5.05. The van der Waals surface area contributed by atoms with E-state index < -0.39 is 18.0 Å². The molecule has 21 heavy (non-hydrogen) atoms. The molecule has 0 radical (unpaired) electrons. The summed E-state index contributed by atoms with van der Waals surface area (Å²) in [6.45, 7) is 1.72. The maximum atomic E-state index is 12.8. The van der Waals surface area contributed by atoms with Crippen LogP contribution in [0.15, 0.2) is 30.3 Å². The molecule has 1 aliphatic rings. The Hall–Kier alpha value is -2.17. The summed E-state index contributed by atoms with van der Waals surface area (Å²) in [5, 5.41) is 0. The molecule has 2 rings (SSSR count). The number of carbonyl (C=O) groups is 2. The summed E-state index contributed by atoms with van der Waals surface area (Å²) < 4.78 is 22.7. The zero-order valence-corrected chi connectivity index (χ0v) is 12.0. The molecule has 0 aliphatic heterocycles. The molecular weight excluding hydrogens is 275 g/mol. The molecular formula is C16H17FO4. The van der Waals surface area contributed by atoms with Gasteiger partial charge in [0.1, 0.15) is 5.82 Å². The van der Waals surface area contributed by atoms with Crippen LogP contribution in [0.4, 0.5) is 4.39 Å². The zero-order valence-electron chi connectivity index (χ0n) is 12.0. The minimum Gasteiger partial charge on any atom is -0.466 e. The van der Waals surface area contributed by atoms with Gasteiger partial charge in [0.05, 0.1) is 7.11 Å². The van der Waals surface area contributed by atoms with Crippen LogP contribution in [0.25, 0.3) is 5.57 Å². The van der Waals surface area contributed by atoms with Crippen LogP contribution in [0.2, 0.25) is 0 Å². The molecule has 0 amide bonds. The Labute approximate surface area is 122 Å². The van der Waals surface area contributed by atoms with Crippen molar-refractivity contribution in [3.05, 3.63) is 41.7 Å². The van der Waals surface area contributed by atoms with E-state index in [9.17, 15) is 14.0 Å². The fourth-order valence-electron chi connectivity index (χ4n) is 1.98. The summed E-state index contributed by atoms with van der Waals surface area (Å²) in [5.41, 5.74) is 1.36. The van der Waals surface area contributed by atoms with Crippen molar-refractivity contribution in [3.8, 4) is 0 Å². The highest BCUT2D eigenvalue weighted by molar-refractivity contribution is 5.92. The Morgan fingerprint density at radius 3 is 2.43 bits per heavy atom. The van der Waals surface area contributed by atoms with E-state index in [1.165, 1.54) is 25.3 Å². The van der Waals surface area contributed by atoms with Gasteiger partial charge in [0.2, 0.25) is 6.10 Å². The molecule has 1 aliphatic carbocycles. The summed E-state index contributed by atoms with van der Waals surface area (Å²) in [6, 6.07) is 5.79. The number of halogens is 1. The minimum atomic E-state index is -0.834. The van der Waals surface area contributed by atoms with Crippen LogP contribution in [0.5, 0.6) is 0 Å². The second-order valence-corrected chi connectivity index (χ2v) is 5.05. The normalized spacial score (nSPS) is 16.2. The topological polar surface area (TPSA) is 52.6 Å². The quantitative estimate of drug-likeness (QED) is 0.618. The van der Waals surface area contributed by atoms with Gasteiger partial charge in [-0.25, -0.2) is 14.0 Å². The molecule has 1 fully saturated rings. The molecule has 0 saturated heterocycles. The van der Waals surface area contributed by atoms with Gasteiger partial charge >= 0.3 is 11.9 Å². The van der Waals surface area contributed by atoms with E-state index >= 15 is 0 Å². The van der Waals surface area contributed by atoms with E-state index in [0.717, 1.165) is 18.4 Å². The average molecular weight is 292 g/mol. The van der Waals surface area contributed by atoms with Crippen LogP contribution < -0.4 is 0 Å². The van der Waals surface area contributed by atoms with Crippen molar-refractivity contribution in [2.24, 2.45) is 5.92 Å². The lowest BCUT2D eigenvalue weighted by Crippen LogP contribution is -2.29. The van der Waals surface area contributed by atoms with Crippen molar-refractivity contribution >= 4 is 17.5 Å². The highest BCUT2D eigenvalue weighted by atomic mass is 19.1. The maximum Gasteiger partial charge on any atom is 0.347 e. The molecule has 1 saturated carbocycles. The molecule has 1 aromatic rings. The van der Waals surface area contributed by atoms with E-state index in [1.54, 1.807) is 19.1 Å². The van der Waals surface area contributed by atoms with Gasteiger partial charge in [-0.3, -0.25) is 0 Å². The Morgan fingerprint density at radius 2 is 1.90 bits per heavy atom. The van der Waals surface area contributed by atoms with Crippen molar-refractivity contribution in [1.29, 1.82) is 0 Å². The van der Waals surface area contributed by atoms with Crippen molar-refractivity contribution < 1.29 is 23.5 Å². The minimum absolute atomic E-state index is 0.0564. The molecule has 1 unspecified atom stereocenters. The first kappa shape index (κ1) is 15.2. The van der Waals surface area contributed by atoms with Crippen molar-refractivity contribution in [2.45, 2.75) is 25.9 Å². The van der Waals surface area contributed by atoms with Crippen LogP contribution in [0, 0.1) is 11.7 Å². The molecule has 4 nitrogen and oxygen atoms in total. The van der Waals surface area contributed by atoms with Gasteiger partial charge in [0, 0.05) is 12.0 Å². The largest absolute Gasteiger partial charge is 0.466 e. The van der Waals surface area contributed by atoms with Gasteiger partial charge in [-0.1, -0.05) is 12.1 Å².